The van der Waals surface area contributed by atoms with Gasteiger partial charge in [-0.1, -0.05) is 25.4 Å². The minimum Gasteiger partial charge on any atom is -0.341 e. The molecule has 3 atom stereocenters. The number of hydrogen-bond donors (Lipinski definition) is 2. The van der Waals surface area contributed by atoms with Crippen LogP contribution in [0.1, 0.15) is 50.4 Å². The number of carbonyl (C=O) groups is 2. The van der Waals surface area contributed by atoms with Crippen LogP contribution in [0, 0.1) is 11.8 Å². The fourth-order valence-corrected chi connectivity index (χ4v) is 3.52. The van der Waals surface area contributed by atoms with Crippen molar-refractivity contribution in [3.63, 3.8) is 0 Å². The molecule has 0 aliphatic carbocycles. The highest BCUT2D eigenvalue weighted by Crippen LogP contribution is 2.21. The van der Waals surface area contributed by atoms with E-state index in [1.165, 1.54) is 0 Å². The van der Waals surface area contributed by atoms with Crippen molar-refractivity contribution in [2.45, 2.75) is 52.1 Å². The molecular weight excluding hydrogens is 350 g/mol. The Kier molecular flexibility index (Phi) is 7.47. The molecule has 3 N–H and O–H groups in total. The average molecular weight is 380 g/mol. The molecular formula is C20H30ClN3O2. The number of piperidine rings is 1. The van der Waals surface area contributed by atoms with Gasteiger partial charge in [-0.05, 0) is 62.3 Å². The summed E-state index contributed by atoms with van der Waals surface area (Å²) in [5, 5.41) is 3.50. The first kappa shape index (κ1) is 20.7. The fraction of sp³-hybridized carbons (Fsp3) is 0.600. The molecule has 1 aliphatic heterocycles. The van der Waals surface area contributed by atoms with Crippen LogP contribution in [-0.4, -0.2) is 41.9 Å². The molecule has 2 amide bonds. The van der Waals surface area contributed by atoms with Crippen LogP contribution in [0.5, 0.6) is 0 Å². The Morgan fingerprint density at radius 2 is 1.92 bits per heavy atom. The third kappa shape index (κ3) is 5.71. The minimum atomic E-state index is -0.523. The summed E-state index contributed by atoms with van der Waals surface area (Å²) in [5.41, 5.74) is 6.54. The van der Waals surface area contributed by atoms with Crippen LogP contribution in [0.15, 0.2) is 24.3 Å². The summed E-state index contributed by atoms with van der Waals surface area (Å²) in [6.45, 7) is 7.49. The molecule has 1 saturated heterocycles. The average Bonchev–Trinajstić information content (AvgIpc) is 2.60. The molecule has 1 aromatic rings. The third-order valence-corrected chi connectivity index (χ3v) is 5.18. The summed E-state index contributed by atoms with van der Waals surface area (Å²) >= 11 is 5.88. The van der Waals surface area contributed by atoms with E-state index < -0.39 is 6.04 Å². The van der Waals surface area contributed by atoms with Gasteiger partial charge in [0.2, 0.25) is 5.91 Å². The monoisotopic (exact) mass is 379 g/mol. The van der Waals surface area contributed by atoms with Crippen LogP contribution in [0.3, 0.4) is 0 Å². The van der Waals surface area contributed by atoms with E-state index in [4.69, 9.17) is 17.3 Å². The molecule has 0 radical (unpaired) electrons. The fourth-order valence-electron chi connectivity index (χ4n) is 3.40. The summed E-state index contributed by atoms with van der Waals surface area (Å²) in [6.07, 6.45) is 2.61. The highest BCUT2D eigenvalue weighted by atomic mass is 35.5. The van der Waals surface area contributed by atoms with Crippen LogP contribution in [0.25, 0.3) is 0 Å². The van der Waals surface area contributed by atoms with E-state index in [0.29, 0.717) is 35.4 Å². The zero-order valence-corrected chi connectivity index (χ0v) is 16.6. The van der Waals surface area contributed by atoms with Crippen LogP contribution >= 0.6 is 11.6 Å². The van der Waals surface area contributed by atoms with Crippen molar-refractivity contribution in [1.29, 1.82) is 0 Å². The van der Waals surface area contributed by atoms with Crippen molar-refractivity contribution in [3.8, 4) is 0 Å². The second kappa shape index (κ2) is 9.38. The molecule has 1 aromatic carbocycles. The second-order valence-electron chi connectivity index (χ2n) is 7.71. The van der Waals surface area contributed by atoms with Crippen LogP contribution in [0.2, 0.25) is 5.02 Å². The van der Waals surface area contributed by atoms with E-state index in [0.717, 1.165) is 19.4 Å². The first-order valence-electron chi connectivity index (χ1n) is 9.38. The molecule has 0 saturated carbocycles. The Morgan fingerprint density at radius 1 is 1.27 bits per heavy atom. The SMILES string of the molecule is CC(C)CC(NC(=O)c1ccc(Cl)cc1)C(=O)N1CCCC(C(C)N)C1. The molecule has 3 unspecified atom stereocenters. The summed E-state index contributed by atoms with van der Waals surface area (Å²) in [4.78, 5) is 27.5. The highest BCUT2D eigenvalue weighted by Gasteiger charge is 2.31. The molecule has 2 rings (SSSR count). The summed E-state index contributed by atoms with van der Waals surface area (Å²) < 4.78 is 0. The Bertz CT molecular complexity index is 616. The molecule has 0 spiro atoms. The van der Waals surface area contributed by atoms with Gasteiger partial charge in [0.05, 0.1) is 0 Å². The van der Waals surface area contributed by atoms with Gasteiger partial charge in [-0.25, -0.2) is 0 Å². The van der Waals surface area contributed by atoms with Gasteiger partial charge in [0.15, 0.2) is 0 Å². The van der Waals surface area contributed by atoms with Crippen molar-refractivity contribution >= 4 is 23.4 Å². The highest BCUT2D eigenvalue weighted by molar-refractivity contribution is 6.30. The maximum atomic E-state index is 13.1. The molecule has 1 aliphatic rings. The van der Waals surface area contributed by atoms with E-state index in [1.807, 2.05) is 11.8 Å². The van der Waals surface area contributed by atoms with Gasteiger partial charge in [-0.2, -0.15) is 0 Å². The smallest absolute Gasteiger partial charge is 0.251 e. The van der Waals surface area contributed by atoms with Gasteiger partial charge in [-0.15, -0.1) is 0 Å². The van der Waals surface area contributed by atoms with Crippen LogP contribution < -0.4 is 11.1 Å². The zero-order chi connectivity index (χ0) is 19.3. The van der Waals surface area contributed by atoms with Gasteiger partial charge in [-0.3, -0.25) is 9.59 Å². The largest absolute Gasteiger partial charge is 0.341 e. The molecule has 1 heterocycles. The van der Waals surface area contributed by atoms with Crippen molar-refractivity contribution in [2.24, 2.45) is 17.6 Å². The predicted octanol–water partition coefficient (Wildman–Crippen LogP) is 3.07. The molecule has 5 nitrogen and oxygen atoms in total. The minimum absolute atomic E-state index is 0.00800. The quantitative estimate of drug-likeness (QED) is 0.797. The number of rotatable bonds is 6. The number of amides is 2. The topological polar surface area (TPSA) is 75.4 Å². The summed E-state index contributed by atoms with van der Waals surface area (Å²) in [5.74, 6) is 0.357. The van der Waals surface area contributed by atoms with Gasteiger partial charge < -0.3 is 16.0 Å². The first-order chi connectivity index (χ1) is 12.3. The standard InChI is InChI=1S/C20H30ClN3O2/c1-13(2)11-18(23-19(25)15-6-8-17(21)9-7-15)20(26)24-10-4-5-16(12-24)14(3)22/h6-9,13-14,16,18H,4-5,10-12,22H2,1-3H3,(H,23,25). The lowest BCUT2D eigenvalue weighted by molar-refractivity contribution is -0.135. The second-order valence-corrected chi connectivity index (χ2v) is 8.14. The Hall–Kier alpha value is -1.59. The van der Waals surface area contributed by atoms with Crippen molar-refractivity contribution in [1.82, 2.24) is 10.2 Å². The first-order valence-corrected chi connectivity index (χ1v) is 9.76. The molecule has 1 fully saturated rings. The lowest BCUT2D eigenvalue weighted by Gasteiger charge is -2.37. The molecule has 26 heavy (non-hydrogen) atoms. The molecule has 6 heteroatoms. The number of hydrogen-bond acceptors (Lipinski definition) is 3. The summed E-state index contributed by atoms with van der Waals surface area (Å²) in [7, 11) is 0. The number of likely N-dealkylation sites (tertiary alicyclic amines) is 1. The molecule has 0 aromatic heterocycles. The van der Waals surface area contributed by atoms with Crippen LogP contribution in [-0.2, 0) is 4.79 Å². The van der Waals surface area contributed by atoms with E-state index in [2.05, 4.69) is 19.2 Å². The maximum absolute atomic E-state index is 13.1. The summed E-state index contributed by atoms with van der Waals surface area (Å²) in [6, 6.07) is 6.23. The van der Waals surface area contributed by atoms with Crippen molar-refractivity contribution < 1.29 is 9.59 Å². The zero-order valence-electron chi connectivity index (χ0n) is 15.9. The maximum Gasteiger partial charge on any atom is 0.251 e. The third-order valence-electron chi connectivity index (χ3n) is 4.93. The number of halogens is 1. The Morgan fingerprint density at radius 3 is 2.50 bits per heavy atom. The van der Waals surface area contributed by atoms with Gasteiger partial charge in [0.1, 0.15) is 6.04 Å². The van der Waals surface area contributed by atoms with Gasteiger partial charge >= 0.3 is 0 Å². The van der Waals surface area contributed by atoms with Crippen molar-refractivity contribution in [2.75, 3.05) is 13.1 Å². The predicted molar refractivity (Wildman–Crippen MR) is 105 cm³/mol. The van der Waals surface area contributed by atoms with Gasteiger partial charge in [0, 0.05) is 29.7 Å². The van der Waals surface area contributed by atoms with Gasteiger partial charge in [0.25, 0.3) is 5.91 Å². The number of nitrogens with two attached hydrogens (primary N) is 1. The van der Waals surface area contributed by atoms with E-state index in [-0.39, 0.29) is 17.9 Å². The normalized spacial score (nSPS) is 19.9. The Labute approximate surface area is 161 Å². The number of nitrogens with zero attached hydrogens (tertiary/aromatic N) is 1. The molecule has 0 bridgehead atoms. The van der Waals surface area contributed by atoms with E-state index in [9.17, 15) is 9.59 Å². The number of benzene rings is 1. The van der Waals surface area contributed by atoms with E-state index >= 15 is 0 Å². The number of carbonyl (C=O) groups excluding carboxylic acids is 2. The van der Waals surface area contributed by atoms with E-state index in [1.54, 1.807) is 24.3 Å². The Balaban J connectivity index is 2.09. The number of nitrogens with one attached hydrogen (secondary N) is 1. The lowest BCUT2D eigenvalue weighted by atomic mass is 9.91. The molecule has 144 valence electrons. The van der Waals surface area contributed by atoms with Crippen molar-refractivity contribution in [3.05, 3.63) is 34.9 Å². The lowest BCUT2D eigenvalue weighted by Crippen LogP contribution is -2.53. The van der Waals surface area contributed by atoms with Crippen LogP contribution in [0.4, 0.5) is 0 Å².